The minimum Gasteiger partial charge on any atom is -0.278 e. The van der Waals surface area contributed by atoms with Crippen LogP contribution in [-0.4, -0.2) is 11.7 Å². The standard InChI is InChI=1S/C6H12FNO2S/c7-10-6(9)4-2-1-3-5-11-8/h1-5,8H2. The van der Waals surface area contributed by atoms with Gasteiger partial charge in [0, 0.05) is 16.7 Å². The highest BCUT2D eigenvalue weighted by Gasteiger charge is 2.01. The molecule has 3 nitrogen and oxygen atoms in total. The number of halogens is 1. The van der Waals surface area contributed by atoms with E-state index in [4.69, 9.17) is 5.14 Å². The highest BCUT2D eigenvalue weighted by atomic mass is 32.2. The van der Waals surface area contributed by atoms with Gasteiger partial charge in [0.2, 0.25) is 0 Å². The summed E-state index contributed by atoms with van der Waals surface area (Å²) < 4.78 is 11.1. The van der Waals surface area contributed by atoms with Gasteiger partial charge in [-0.2, -0.15) is 0 Å². The van der Waals surface area contributed by atoms with Crippen LogP contribution in [-0.2, 0) is 9.74 Å². The second-order valence-electron chi connectivity index (χ2n) is 2.13. The molecule has 66 valence electrons. The molecule has 0 aliphatic carbocycles. The molecule has 0 rings (SSSR count). The predicted molar refractivity (Wildman–Crippen MR) is 42.3 cm³/mol. The third-order valence-corrected chi connectivity index (χ3v) is 1.75. The topological polar surface area (TPSA) is 52.3 Å². The molecular formula is C6H12FNO2S. The molecule has 0 amide bonds. The molecule has 11 heavy (non-hydrogen) atoms. The lowest BCUT2D eigenvalue weighted by Crippen LogP contribution is -1.96. The summed E-state index contributed by atoms with van der Waals surface area (Å²) in [6, 6.07) is 0. The van der Waals surface area contributed by atoms with Gasteiger partial charge < -0.3 is 0 Å². The third-order valence-electron chi connectivity index (χ3n) is 1.23. The van der Waals surface area contributed by atoms with Crippen molar-refractivity contribution in [2.24, 2.45) is 5.14 Å². The van der Waals surface area contributed by atoms with Gasteiger partial charge in [-0.3, -0.25) is 10.1 Å². The molecular weight excluding hydrogens is 169 g/mol. The van der Waals surface area contributed by atoms with Crippen LogP contribution >= 0.6 is 11.9 Å². The van der Waals surface area contributed by atoms with E-state index in [1.54, 1.807) is 0 Å². The second kappa shape index (κ2) is 7.81. The minimum atomic E-state index is -0.787. The maximum Gasteiger partial charge on any atom is 0.348 e. The maximum absolute atomic E-state index is 11.1. The predicted octanol–water partition coefficient (Wildman–Crippen LogP) is 1.58. The number of carbonyl (C=O) groups excluding carboxylic acids is 1. The molecule has 0 aliphatic heterocycles. The summed E-state index contributed by atoms with van der Waals surface area (Å²) in [5.74, 6) is 0.0930. The average Bonchev–Trinajstić information content (AvgIpc) is 2.04. The molecule has 0 heterocycles. The molecule has 0 saturated heterocycles. The summed E-state index contributed by atoms with van der Waals surface area (Å²) in [5, 5.41) is 5.16. The summed E-state index contributed by atoms with van der Waals surface area (Å²) in [6.45, 7) is 0. The van der Waals surface area contributed by atoms with Crippen LogP contribution in [0.3, 0.4) is 0 Å². The van der Waals surface area contributed by atoms with Crippen LogP contribution < -0.4 is 5.14 Å². The lowest BCUT2D eigenvalue weighted by atomic mass is 10.2. The molecule has 0 radical (unpaired) electrons. The van der Waals surface area contributed by atoms with Gasteiger partial charge in [0.1, 0.15) is 0 Å². The Morgan fingerprint density at radius 3 is 2.73 bits per heavy atom. The van der Waals surface area contributed by atoms with Gasteiger partial charge in [0.15, 0.2) is 0 Å². The van der Waals surface area contributed by atoms with Gasteiger partial charge in [-0.1, -0.05) is 18.4 Å². The van der Waals surface area contributed by atoms with Crippen molar-refractivity contribution in [3.8, 4) is 0 Å². The molecule has 0 unspecified atom stereocenters. The molecule has 0 bridgehead atoms. The Bertz CT molecular complexity index is 113. The second-order valence-corrected chi connectivity index (χ2v) is 2.87. The molecule has 0 atom stereocenters. The van der Waals surface area contributed by atoms with E-state index in [9.17, 15) is 9.32 Å². The Morgan fingerprint density at radius 2 is 2.18 bits per heavy atom. The molecule has 0 saturated carbocycles. The first-order chi connectivity index (χ1) is 5.31. The van der Waals surface area contributed by atoms with Gasteiger partial charge in [-0.25, -0.2) is 4.79 Å². The van der Waals surface area contributed by atoms with Crippen LogP contribution in [0, 0.1) is 0 Å². The van der Waals surface area contributed by atoms with Crippen molar-refractivity contribution in [2.45, 2.75) is 25.7 Å². The lowest BCUT2D eigenvalue weighted by molar-refractivity contribution is -0.183. The van der Waals surface area contributed by atoms with Gasteiger partial charge in [-0.05, 0) is 12.8 Å². The molecule has 0 aromatic heterocycles. The van der Waals surface area contributed by atoms with Crippen LogP contribution in [0.25, 0.3) is 0 Å². The summed E-state index contributed by atoms with van der Waals surface area (Å²) in [4.78, 5) is 13.2. The Hall–Kier alpha value is -0.290. The van der Waals surface area contributed by atoms with Crippen molar-refractivity contribution in [3.63, 3.8) is 0 Å². The fraction of sp³-hybridized carbons (Fsp3) is 0.833. The third kappa shape index (κ3) is 7.61. The van der Waals surface area contributed by atoms with E-state index in [0.717, 1.165) is 18.6 Å². The van der Waals surface area contributed by atoms with Crippen LogP contribution in [0.15, 0.2) is 0 Å². The Kier molecular flexibility index (Phi) is 7.61. The maximum atomic E-state index is 11.1. The van der Waals surface area contributed by atoms with E-state index in [-0.39, 0.29) is 6.42 Å². The monoisotopic (exact) mass is 181 g/mol. The van der Waals surface area contributed by atoms with Gasteiger partial charge >= 0.3 is 5.97 Å². The Morgan fingerprint density at radius 1 is 1.45 bits per heavy atom. The van der Waals surface area contributed by atoms with Crippen LogP contribution in [0.5, 0.6) is 0 Å². The first-order valence-electron chi connectivity index (χ1n) is 3.44. The van der Waals surface area contributed by atoms with Gasteiger partial charge in [0.05, 0.1) is 0 Å². The van der Waals surface area contributed by atoms with E-state index in [2.05, 4.69) is 4.94 Å². The van der Waals surface area contributed by atoms with Gasteiger partial charge in [-0.15, -0.1) is 0 Å². The fourth-order valence-electron chi connectivity index (χ4n) is 0.670. The van der Waals surface area contributed by atoms with Gasteiger partial charge in [0.25, 0.3) is 0 Å². The van der Waals surface area contributed by atoms with E-state index in [1.165, 1.54) is 11.9 Å². The molecule has 0 spiro atoms. The molecule has 0 aliphatic rings. The molecule has 0 aromatic rings. The number of rotatable bonds is 6. The van der Waals surface area contributed by atoms with Crippen LogP contribution in [0.1, 0.15) is 25.7 Å². The number of hydrogen-bond donors (Lipinski definition) is 1. The zero-order chi connectivity index (χ0) is 8.53. The first kappa shape index (κ1) is 10.7. The smallest absolute Gasteiger partial charge is 0.278 e. The molecule has 0 aromatic carbocycles. The Balaban J connectivity index is 2.95. The van der Waals surface area contributed by atoms with E-state index in [0.29, 0.717) is 6.42 Å². The molecule has 5 heteroatoms. The summed E-state index contributed by atoms with van der Waals surface area (Å²) in [6.07, 6.45) is 2.68. The summed E-state index contributed by atoms with van der Waals surface area (Å²) in [5.41, 5.74) is 0. The summed E-state index contributed by atoms with van der Waals surface area (Å²) >= 11 is 1.28. The van der Waals surface area contributed by atoms with Crippen LogP contribution in [0.2, 0.25) is 0 Å². The van der Waals surface area contributed by atoms with Crippen LogP contribution in [0.4, 0.5) is 4.53 Å². The summed E-state index contributed by atoms with van der Waals surface area (Å²) in [7, 11) is 0. The molecule has 0 fully saturated rings. The normalized spacial score (nSPS) is 9.64. The molecule has 2 N–H and O–H groups in total. The highest BCUT2D eigenvalue weighted by Crippen LogP contribution is 2.03. The number of carbonyl (C=O) groups is 1. The van der Waals surface area contributed by atoms with Crippen molar-refractivity contribution in [1.82, 2.24) is 0 Å². The largest absolute Gasteiger partial charge is 0.348 e. The van der Waals surface area contributed by atoms with Crippen molar-refractivity contribution in [3.05, 3.63) is 0 Å². The van der Waals surface area contributed by atoms with E-state index >= 15 is 0 Å². The number of nitrogens with two attached hydrogens (primary N) is 1. The Labute approximate surface area is 69.5 Å². The zero-order valence-corrected chi connectivity index (χ0v) is 7.03. The van der Waals surface area contributed by atoms with Crippen molar-refractivity contribution < 1.29 is 14.3 Å². The van der Waals surface area contributed by atoms with Crippen molar-refractivity contribution in [1.29, 1.82) is 0 Å². The fourth-order valence-corrected chi connectivity index (χ4v) is 1.04. The number of unbranched alkanes of at least 4 members (excludes halogenated alkanes) is 2. The lowest BCUT2D eigenvalue weighted by Gasteiger charge is -1.95. The quantitative estimate of drug-likeness (QED) is 0.499. The van der Waals surface area contributed by atoms with E-state index in [1.807, 2.05) is 0 Å². The first-order valence-corrected chi connectivity index (χ1v) is 4.49. The number of hydrogen-bond acceptors (Lipinski definition) is 4. The van der Waals surface area contributed by atoms with Crippen molar-refractivity contribution in [2.75, 3.05) is 5.75 Å². The van der Waals surface area contributed by atoms with Crippen molar-refractivity contribution >= 4 is 17.9 Å². The minimum absolute atomic E-state index is 0.158. The zero-order valence-electron chi connectivity index (χ0n) is 6.22. The average molecular weight is 181 g/mol. The SMILES string of the molecule is NSCCCCCC(=O)OF. The van der Waals surface area contributed by atoms with E-state index < -0.39 is 5.97 Å². The highest BCUT2D eigenvalue weighted by molar-refractivity contribution is 7.97.